The smallest absolute Gasteiger partial charge is 0.328 e. The molecule has 0 N–H and O–H groups in total. The monoisotopic (exact) mass is 422 g/mol. The van der Waals surface area contributed by atoms with Gasteiger partial charge in [0, 0.05) is 6.42 Å². The first-order valence-corrected chi connectivity index (χ1v) is 13.3. The highest BCUT2D eigenvalue weighted by molar-refractivity contribution is 6.93. The first-order valence-electron chi connectivity index (χ1n) is 10.3. The van der Waals surface area contributed by atoms with Crippen molar-refractivity contribution in [3.8, 4) is 0 Å². The highest BCUT2D eigenvalue weighted by Crippen LogP contribution is 2.32. The fraction of sp³-hybridized carbons (Fsp3) is 0.320. The van der Waals surface area contributed by atoms with Gasteiger partial charge in [-0.3, -0.25) is 9.59 Å². The second-order valence-corrected chi connectivity index (χ2v) is 11.8. The minimum absolute atomic E-state index is 0.116. The summed E-state index contributed by atoms with van der Waals surface area (Å²) in [7, 11) is -1.84. The first kappa shape index (κ1) is 23.4. The molecule has 2 rings (SSSR count). The number of carbonyl (C=O) groups excluding carboxylic acids is 2. The van der Waals surface area contributed by atoms with E-state index in [1.165, 1.54) is 5.19 Å². The summed E-state index contributed by atoms with van der Waals surface area (Å²) in [4.78, 5) is 26.0. The molecule has 0 saturated carbocycles. The molecule has 0 saturated heterocycles. The van der Waals surface area contributed by atoms with Gasteiger partial charge in [0.2, 0.25) is 0 Å². The van der Waals surface area contributed by atoms with Crippen LogP contribution in [0.2, 0.25) is 13.1 Å². The van der Waals surface area contributed by atoms with Crippen molar-refractivity contribution in [2.75, 3.05) is 13.2 Å². The minimum atomic E-state index is -1.84. The highest BCUT2D eigenvalue weighted by Gasteiger charge is 2.49. The average Bonchev–Trinajstić information content (AvgIpc) is 2.75. The standard InChI is InChI=1S/C25H30O4Si/c1-5-28-23(26)25(24(27)29-6-2,21-15-9-7-10-16-21)19-13-14-20-30(3,4)22-17-11-8-12-18-22/h7-13,15-18,20H,5-6,19H2,1-4H3. The summed E-state index contributed by atoms with van der Waals surface area (Å²) in [5.41, 5.74) is 4.32. The van der Waals surface area contributed by atoms with E-state index >= 15 is 0 Å². The van der Waals surface area contributed by atoms with Gasteiger partial charge in [-0.25, -0.2) is 0 Å². The third-order valence-electron chi connectivity index (χ3n) is 5.00. The van der Waals surface area contributed by atoms with Crippen LogP contribution < -0.4 is 5.19 Å². The van der Waals surface area contributed by atoms with Gasteiger partial charge in [0.25, 0.3) is 0 Å². The van der Waals surface area contributed by atoms with Gasteiger partial charge >= 0.3 is 11.9 Å². The first-order chi connectivity index (χ1) is 14.4. The number of rotatable bonds is 9. The van der Waals surface area contributed by atoms with Gasteiger partial charge in [0.1, 0.15) is 8.07 Å². The number of ether oxygens (including phenoxy) is 2. The van der Waals surface area contributed by atoms with Crippen LogP contribution in [0.4, 0.5) is 0 Å². The van der Waals surface area contributed by atoms with Gasteiger partial charge in [-0.15, -0.1) is 5.73 Å². The third kappa shape index (κ3) is 5.38. The molecule has 0 unspecified atom stereocenters. The van der Waals surface area contributed by atoms with Gasteiger partial charge in [0.15, 0.2) is 5.41 Å². The zero-order valence-electron chi connectivity index (χ0n) is 18.2. The number of hydrogen-bond acceptors (Lipinski definition) is 4. The maximum atomic E-state index is 13.0. The van der Waals surface area contributed by atoms with Gasteiger partial charge in [0.05, 0.1) is 13.2 Å². The Labute approximate surface area is 180 Å². The SMILES string of the molecule is CCOC(=O)C(CC=C=C[Si](C)(C)c1ccccc1)(C(=O)OCC)c1ccccc1. The molecule has 0 bridgehead atoms. The summed E-state index contributed by atoms with van der Waals surface area (Å²) in [6, 6.07) is 19.3. The molecule has 4 nitrogen and oxygen atoms in total. The number of carbonyl (C=O) groups is 2. The summed E-state index contributed by atoms with van der Waals surface area (Å²) in [5.74, 6) is -1.21. The topological polar surface area (TPSA) is 52.6 Å². The number of allylic oxidation sites excluding steroid dienone is 1. The van der Waals surface area contributed by atoms with Crippen molar-refractivity contribution in [2.24, 2.45) is 0 Å². The zero-order chi connectivity index (χ0) is 22.0. The molecule has 5 heteroatoms. The summed E-state index contributed by atoms with van der Waals surface area (Å²) >= 11 is 0. The van der Waals surface area contributed by atoms with Crippen molar-refractivity contribution in [3.63, 3.8) is 0 Å². The Hall–Kier alpha value is -2.88. The molecule has 2 aromatic rings. The lowest BCUT2D eigenvalue weighted by atomic mass is 9.77. The van der Waals surface area contributed by atoms with E-state index in [9.17, 15) is 9.59 Å². The second-order valence-electron chi connectivity index (χ2n) is 7.52. The number of benzene rings is 2. The fourth-order valence-corrected chi connectivity index (χ4v) is 5.02. The van der Waals surface area contributed by atoms with E-state index in [0.717, 1.165) is 0 Å². The quantitative estimate of drug-likeness (QED) is 0.262. The molecule has 0 spiro atoms. The van der Waals surface area contributed by atoms with Crippen LogP contribution in [0.15, 0.2) is 78.2 Å². The molecule has 158 valence electrons. The normalized spacial score (nSPS) is 11.2. The van der Waals surface area contributed by atoms with Crippen LogP contribution in [0.25, 0.3) is 0 Å². The maximum absolute atomic E-state index is 13.0. The summed E-state index contributed by atoms with van der Waals surface area (Å²) in [6.45, 7) is 8.26. The maximum Gasteiger partial charge on any atom is 0.328 e. The molecule has 0 fully saturated rings. The van der Waals surface area contributed by atoms with Crippen molar-refractivity contribution >= 4 is 25.2 Å². The van der Waals surface area contributed by atoms with E-state index in [1.807, 2.05) is 24.3 Å². The molecule has 0 heterocycles. The molecule has 30 heavy (non-hydrogen) atoms. The van der Waals surface area contributed by atoms with Crippen molar-refractivity contribution in [1.82, 2.24) is 0 Å². The molecule has 0 aromatic heterocycles. The summed E-state index contributed by atoms with van der Waals surface area (Å²) in [5, 5.41) is 1.29. The van der Waals surface area contributed by atoms with E-state index in [1.54, 1.807) is 44.2 Å². The van der Waals surface area contributed by atoms with E-state index in [-0.39, 0.29) is 19.6 Å². The van der Waals surface area contributed by atoms with Gasteiger partial charge in [-0.2, -0.15) is 0 Å². The molecule has 0 aliphatic rings. The molecule has 2 aromatic carbocycles. The van der Waals surface area contributed by atoms with Crippen LogP contribution in [-0.4, -0.2) is 33.2 Å². The van der Waals surface area contributed by atoms with Crippen molar-refractivity contribution in [1.29, 1.82) is 0 Å². The van der Waals surface area contributed by atoms with Crippen LogP contribution in [0.1, 0.15) is 25.8 Å². The van der Waals surface area contributed by atoms with Gasteiger partial charge < -0.3 is 9.47 Å². The average molecular weight is 423 g/mol. The van der Waals surface area contributed by atoms with Gasteiger partial charge in [-0.1, -0.05) is 78.9 Å². The van der Waals surface area contributed by atoms with E-state index < -0.39 is 25.4 Å². The van der Waals surface area contributed by atoms with Gasteiger partial charge in [-0.05, 0) is 31.2 Å². The van der Waals surface area contributed by atoms with Crippen molar-refractivity contribution in [3.05, 3.63) is 83.7 Å². The Balaban J connectivity index is 2.45. The Morgan fingerprint density at radius 3 is 1.90 bits per heavy atom. The molecule has 0 radical (unpaired) electrons. The fourth-order valence-electron chi connectivity index (χ4n) is 3.27. The Morgan fingerprint density at radius 1 is 0.900 bits per heavy atom. The van der Waals surface area contributed by atoms with E-state index in [2.05, 4.69) is 36.7 Å². The lowest BCUT2D eigenvalue weighted by Crippen LogP contribution is -2.46. The molecular weight excluding hydrogens is 392 g/mol. The number of hydrogen-bond donors (Lipinski definition) is 0. The lowest BCUT2D eigenvalue weighted by Gasteiger charge is -2.28. The predicted octanol–water partition coefficient (Wildman–Crippen LogP) is 4.31. The molecule has 0 aliphatic heterocycles. The van der Waals surface area contributed by atoms with Crippen LogP contribution in [0.5, 0.6) is 0 Å². The van der Waals surface area contributed by atoms with Crippen molar-refractivity contribution < 1.29 is 19.1 Å². The predicted molar refractivity (Wildman–Crippen MR) is 122 cm³/mol. The van der Waals surface area contributed by atoms with Crippen molar-refractivity contribution in [2.45, 2.75) is 38.8 Å². The summed E-state index contributed by atoms with van der Waals surface area (Å²) in [6.07, 6.45) is 1.86. The van der Waals surface area contributed by atoms with E-state index in [4.69, 9.17) is 9.47 Å². The minimum Gasteiger partial charge on any atom is -0.465 e. The molecular formula is C25H30O4Si. The Bertz CT molecular complexity index is 879. The zero-order valence-corrected chi connectivity index (χ0v) is 19.2. The second kappa shape index (κ2) is 10.8. The lowest BCUT2D eigenvalue weighted by molar-refractivity contribution is -0.164. The Morgan fingerprint density at radius 2 is 1.40 bits per heavy atom. The van der Waals surface area contributed by atoms with Crippen LogP contribution in [0, 0.1) is 0 Å². The summed E-state index contributed by atoms with van der Waals surface area (Å²) < 4.78 is 10.6. The molecule has 0 aliphatic carbocycles. The molecule has 0 amide bonds. The largest absolute Gasteiger partial charge is 0.465 e. The Kier molecular flexibility index (Phi) is 8.40. The van der Waals surface area contributed by atoms with Crippen LogP contribution in [-0.2, 0) is 24.5 Å². The number of esters is 2. The highest BCUT2D eigenvalue weighted by atomic mass is 28.3. The molecule has 0 atom stereocenters. The van der Waals surface area contributed by atoms with E-state index in [0.29, 0.717) is 5.56 Å². The van der Waals surface area contributed by atoms with Crippen LogP contribution in [0.3, 0.4) is 0 Å². The van der Waals surface area contributed by atoms with Crippen LogP contribution >= 0.6 is 0 Å². The third-order valence-corrected chi connectivity index (χ3v) is 7.71.